The summed E-state index contributed by atoms with van der Waals surface area (Å²) in [4.78, 5) is 0. The van der Waals surface area contributed by atoms with Crippen LogP contribution in [0.25, 0.3) is 86.2 Å². The highest BCUT2D eigenvalue weighted by Crippen LogP contribution is 2.53. The number of ether oxygens (including phenoxy) is 2. The summed E-state index contributed by atoms with van der Waals surface area (Å²) in [6.07, 6.45) is -2.31. The molecule has 2 atom stereocenters. The Labute approximate surface area is 375 Å². The number of rotatable bonds is 6. The van der Waals surface area contributed by atoms with Gasteiger partial charge < -0.3 is 19.7 Å². The number of hydrogen-bond acceptors (Lipinski definition) is 4. The maximum atomic E-state index is 14.9. The Bertz CT molecular complexity index is 3400. The van der Waals surface area contributed by atoms with Crippen molar-refractivity contribution in [3.63, 3.8) is 0 Å². The summed E-state index contributed by atoms with van der Waals surface area (Å²) in [5.74, 6) is 0. The second-order valence-electron chi connectivity index (χ2n) is 17.6. The van der Waals surface area contributed by atoms with Crippen molar-refractivity contribution in [1.82, 2.24) is 0 Å². The minimum absolute atomic E-state index is 0.159. The average molecular weight is 839 g/mol. The molecule has 1 heterocycles. The lowest BCUT2D eigenvalue weighted by atomic mass is 9.68. The largest absolute Gasteiger partial charge is 0.377 e. The van der Waals surface area contributed by atoms with Crippen LogP contribution in [0.15, 0.2) is 218 Å². The van der Waals surface area contributed by atoms with Crippen LogP contribution < -0.4 is 0 Å². The van der Waals surface area contributed by atoms with E-state index in [1.807, 2.05) is 48.5 Å². The minimum Gasteiger partial charge on any atom is -0.377 e. The van der Waals surface area contributed by atoms with Gasteiger partial charge >= 0.3 is 0 Å². The van der Waals surface area contributed by atoms with Gasteiger partial charge in [-0.2, -0.15) is 0 Å². The first-order chi connectivity index (χ1) is 32.0. The first-order valence-corrected chi connectivity index (χ1v) is 22.3. The molecule has 1 aliphatic rings. The highest BCUT2D eigenvalue weighted by molar-refractivity contribution is 6.14. The van der Waals surface area contributed by atoms with Gasteiger partial charge in [-0.3, -0.25) is 0 Å². The normalized spacial score (nSPS) is 16.0. The molecule has 4 heteroatoms. The molecule has 13 rings (SSSR count). The number of aliphatic hydroxyl groups is 2. The molecule has 12 aromatic carbocycles. The minimum atomic E-state index is -1.91. The van der Waals surface area contributed by atoms with Crippen LogP contribution in [0.2, 0.25) is 0 Å². The molecule has 1 aliphatic heterocycles. The van der Waals surface area contributed by atoms with E-state index in [1.54, 1.807) is 0 Å². The molecule has 1 saturated heterocycles. The molecule has 65 heavy (non-hydrogen) atoms. The second kappa shape index (κ2) is 14.5. The molecule has 0 spiro atoms. The van der Waals surface area contributed by atoms with Crippen molar-refractivity contribution >= 4 is 86.2 Å². The standard InChI is InChI=1S/C61H42O4/c62-60(54-33-38-17-1-5-21-42(38)46-25-9-13-29-50(46)54,55-34-39-18-2-6-22-43(39)47-26-10-14-30-51(47)55)58-59(65-37-64-58)61(63,56-35-40-19-3-7-23-44(40)48-27-11-15-31-52(48)56)57-36-41-20-4-8-24-45(41)49-28-12-16-32-53(49)57/h1-36,58-59,62-63H,37H2/t58-,59-/m0/s1. The van der Waals surface area contributed by atoms with Crippen LogP contribution in [-0.2, 0) is 20.7 Å². The Morgan fingerprint density at radius 2 is 0.477 bits per heavy atom. The fourth-order valence-electron chi connectivity index (χ4n) is 11.4. The maximum absolute atomic E-state index is 14.9. The van der Waals surface area contributed by atoms with Crippen LogP contribution in [-0.4, -0.2) is 29.2 Å². The van der Waals surface area contributed by atoms with Crippen molar-refractivity contribution in [3.8, 4) is 0 Å². The van der Waals surface area contributed by atoms with Crippen LogP contribution >= 0.6 is 0 Å². The van der Waals surface area contributed by atoms with E-state index in [0.29, 0.717) is 22.3 Å². The molecular formula is C61H42O4. The molecule has 0 saturated carbocycles. The monoisotopic (exact) mass is 838 g/mol. The van der Waals surface area contributed by atoms with Crippen molar-refractivity contribution in [2.24, 2.45) is 0 Å². The van der Waals surface area contributed by atoms with Crippen LogP contribution in [0, 0.1) is 0 Å². The molecule has 2 N–H and O–H groups in total. The Balaban J connectivity index is 1.19. The zero-order valence-electron chi connectivity index (χ0n) is 35.4. The summed E-state index contributed by atoms with van der Waals surface area (Å²) in [5, 5.41) is 45.5. The lowest BCUT2D eigenvalue weighted by molar-refractivity contribution is -0.108. The lowest BCUT2D eigenvalue weighted by Crippen LogP contribution is -2.55. The van der Waals surface area contributed by atoms with Gasteiger partial charge in [-0.1, -0.05) is 194 Å². The third-order valence-electron chi connectivity index (χ3n) is 14.3. The van der Waals surface area contributed by atoms with Gasteiger partial charge in [-0.05, 0) is 133 Å². The molecule has 0 bridgehead atoms. The summed E-state index contributed by atoms with van der Waals surface area (Å²) in [6.45, 7) is -0.159. The fourth-order valence-corrected chi connectivity index (χ4v) is 11.4. The Morgan fingerprint density at radius 1 is 0.277 bits per heavy atom. The van der Waals surface area contributed by atoms with Crippen molar-refractivity contribution in [2.45, 2.75) is 23.4 Å². The van der Waals surface area contributed by atoms with Crippen molar-refractivity contribution in [2.75, 3.05) is 6.79 Å². The lowest BCUT2D eigenvalue weighted by Gasteiger charge is -2.44. The van der Waals surface area contributed by atoms with Gasteiger partial charge in [-0.25, -0.2) is 0 Å². The van der Waals surface area contributed by atoms with E-state index in [4.69, 9.17) is 9.47 Å². The Hall–Kier alpha value is -7.44. The van der Waals surface area contributed by atoms with Crippen LogP contribution in [0.4, 0.5) is 0 Å². The molecule has 0 amide bonds. The van der Waals surface area contributed by atoms with Gasteiger partial charge in [0.05, 0.1) is 0 Å². The number of benzene rings is 12. The van der Waals surface area contributed by atoms with E-state index in [9.17, 15) is 10.2 Å². The van der Waals surface area contributed by atoms with Crippen molar-refractivity contribution in [1.29, 1.82) is 0 Å². The number of hydrogen-bond donors (Lipinski definition) is 2. The van der Waals surface area contributed by atoms with Gasteiger partial charge in [0.15, 0.2) is 0 Å². The van der Waals surface area contributed by atoms with Gasteiger partial charge in [-0.15, -0.1) is 0 Å². The van der Waals surface area contributed by atoms with E-state index in [1.165, 1.54) is 0 Å². The maximum Gasteiger partial charge on any atom is 0.148 e. The predicted molar refractivity (Wildman–Crippen MR) is 266 cm³/mol. The third kappa shape index (κ3) is 5.53. The number of fused-ring (bicyclic) bond motifs is 12. The first kappa shape index (κ1) is 38.1. The summed E-state index contributed by atoms with van der Waals surface area (Å²) < 4.78 is 14.0. The van der Waals surface area contributed by atoms with Gasteiger partial charge in [0.2, 0.25) is 0 Å². The first-order valence-electron chi connectivity index (χ1n) is 22.3. The van der Waals surface area contributed by atoms with E-state index >= 15 is 0 Å². The molecule has 12 aromatic rings. The molecule has 4 nitrogen and oxygen atoms in total. The highest BCUT2D eigenvalue weighted by atomic mass is 16.7. The smallest absolute Gasteiger partial charge is 0.148 e. The van der Waals surface area contributed by atoms with Gasteiger partial charge in [0.1, 0.15) is 30.2 Å². The molecule has 0 radical (unpaired) electrons. The zero-order valence-corrected chi connectivity index (χ0v) is 35.4. The average Bonchev–Trinajstić information content (AvgIpc) is 3.89. The summed E-state index contributed by atoms with van der Waals surface area (Å²) >= 11 is 0. The fraction of sp³-hybridized carbons (Fsp3) is 0.0820. The van der Waals surface area contributed by atoms with Crippen LogP contribution in [0.5, 0.6) is 0 Å². The van der Waals surface area contributed by atoms with Crippen molar-refractivity contribution < 1.29 is 19.7 Å². The van der Waals surface area contributed by atoms with E-state index in [-0.39, 0.29) is 6.79 Å². The molecule has 0 aliphatic carbocycles. The zero-order chi connectivity index (χ0) is 43.3. The van der Waals surface area contributed by atoms with Gasteiger partial charge in [0, 0.05) is 0 Å². The summed E-state index contributed by atoms with van der Waals surface area (Å²) in [7, 11) is 0. The molecule has 310 valence electrons. The summed E-state index contributed by atoms with van der Waals surface area (Å²) in [5.41, 5.74) is -1.16. The van der Waals surface area contributed by atoms with Crippen LogP contribution in [0.3, 0.4) is 0 Å². The third-order valence-corrected chi connectivity index (χ3v) is 14.3. The molecule has 1 fully saturated rings. The quantitative estimate of drug-likeness (QED) is 0.164. The topological polar surface area (TPSA) is 58.9 Å². The Kier molecular flexibility index (Phi) is 8.52. The second-order valence-corrected chi connectivity index (χ2v) is 17.6. The van der Waals surface area contributed by atoms with Crippen LogP contribution in [0.1, 0.15) is 22.3 Å². The van der Waals surface area contributed by atoms with E-state index < -0.39 is 23.4 Å². The molecular weight excluding hydrogens is 797 g/mol. The SMILES string of the molecule is OC(c1cc2ccccc2c2ccccc12)(c1cc2ccccc2c2ccccc12)[C@H]1OCO[C@@H]1C(O)(c1cc2ccccc2c2ccccc12)c1cc2ccccc2c2ccccc12. The Morgan fingerprint density at radius 3 is 0.723 bits per heavy atom. The van der Waals surface area contributed by atoms with E-state index in [2.05, 4.69) is 170 Å². The van der Waals surface area contributed by atoms with Crippen molar-refractivity contribution in [3.05, 3.63) is 241 Å². The predicted octanol–water partition coefficient (Wildman–Crippen LogP) is 13.8. The van der Waals surface area contributed by atoms with Gasteiger partial charge in [0.25, 0.3) is 0 Å². The molecule has 0 unspecified atom stereocenters. The molecule has 0 aromatic heterocycles. The highest BCUT2D eigenvalue weighted by Gasteiger charge is 2.59. The van der Waals surface area contributed by atoms with E-state index in [0.717, 1.165) is 86.2 Å². The summed E-state index contributed by atoms with van der Waals surface area (Å²) in [6, 6.07) is 75.0.